The van der Waals surface area contributed by atoms with Gasteiger partial charge in [-0.15, -0.1) is 0 Å². The lowest BCUT2D eigenvalue weighted by molar-refractivity contribution is -0.140. The van der Waals surface area contributed by atoms with Crippen LogP contribution in [0.5, 0.6) is 17.2 Å². The van der Waals surface area contributed by atoms with Crippen molar-refractivity contribution in [3.8, 4) is 17.2 Å². The van der Waals surface area contributed by atoms with Crippen molar-refractivity contribution in [2.75, 3.05) is 24.5 Å². The molecule has 1 heterocycles. The van der Waals surface area contributed by atoms with Crippen molar-refractivity contribution < 1.29 is 33.6 Å². The topological polar surface area (TPSA) is 103 Å². The molecule has 1 aliphatic rings. The number of hydrogen-bond donors (Lipinski definition) is 3. The minimum Gasteiger partial charge on any atom is -0.508 e. The molecule has 0 saturated heterocycles. The predicted octanol–water partition coefficient (Wildman–Crippen LogP) is 4.43. The van der Waals surface area contributed by atoms with E-state index in [9.17, 15) is 14.7 Å². The summed E-state index contributed by atoms with van der Waals surface area (Å²) in [5.41, 5.74) is 0.912. The zero-order chi connectivity index (χ0) is 21.5. The van der Waals surface area contributed by atoms with Gasteiger partial charge >= 0.3 is 12.1 Å². The molecule has 0 unspecified atom stereocenters. The zero-order valence-electron chi connectivity index (χ0n) is 15.8. The Hall–Kier alpha value is -2.59. The average Bonchev–Trinajstić information content (AvgIpc) is 3.19. The summed E-state index contributed by atoms with van der Waals surface area (Å²) in [6.07, 6.45) is -0.705. The summed E-state index contributed by atoms with van der Waals surface area (Å²) >= 11 is 7.20. The fourth-order valence-corrected chi connectivity index (χ4v) is 3.28. The Bertz CT molecular complexity index is 924. The van der Waals surface area contributed by atoms with E-state index in [1.807, 2.05) is 0 Å². The molecule has 2 aromatic carbocycles. The molecule has 0 fully saturated rings. The molecule has 1 atom stereocenters. The fraction of sp³-hybridized carbons (Fsp3) is 0.300. The smallest absolute Gasteiger partial charge is 0.412 e. The molecule has 0 aromatic heterocycles. The van der Waals surface area contributed by atoms with Gasteiger partial charge in [0.2, 0.25) is 6.79 Å². The largest absolute Gasteiger partial charge is 0.508 e. The number of rotatable bonds is 8. The summed E-state index contributed by atoms with van der Waals surface area (Å²) in [6, 6.07) is 9.84. The lowest BCUT2D eigenvalue weighted by atomic mass is 10.0. The van der Waals surface area contributed by atoms with Crippen LogP contribution >= 0.6 is 28.6 Å². The number of phenols is 1. The monoisotopic (exact) mass is 497 g/mol. The number of nitrogens with one attached hydrogen (secondary N) is 1. The lowest BCUT2D eigenvalue weighted by Gasteiger charge is -2.20. The number of thiol groups is 1. The number of aromatic hydroxyl groups is 1. The van der Waals surface area contributed by atoms with Gasteiger partial charge in [-0.1, -0.05) is 15.9 Å². The van der Waals surface area contributed by atoms with Gasteiger partial charge in [0.15, 0.2) is 11.5 Å². The summed E-state index contributed by atoms with van der Waals surface area (Å²) in [4.78, 5) is 23.7. The highest BCUT2D eigenvalue weighted by Crippen LogP contribution is 2.35. The van der Waals surface area contributed by atoms with Gasteiger partial charge in [0, 0.05) is 21.8 Å². The standard InChI is InChI=1S/C20H20BrNO7S/c21-12-3-5-15(23)14(8-12)16(2-1-7-26-19(24)10-30)29-20(25)22-13-4-6-17-18(9-13)28-11-27-17/h3-6,8-9,16,23,30H,1-2,7,10-11H2,(H,22,25)/t16-/m0/s1. The Morgan fingerprint density at radius 3 is 2.80 bits per heavy atom. The molecule has 0 radical (unpaired) electrons. The molecule has 30 heavy (non-hydrogen) atoms. The third-order valence-electron chi connectivity index (χ3n) is 4.21. The van der Waals surface area contributed by atoms with Crippen molar-refractivity contribution in [2.45, 2.75) is 18.9 Å². The van der Waals surface area contributed by atoms with Gasteiger partial charge in [0.05, 0.1) is 12.4 Å². The number of fused-ring (bicyclic) bond motifs is 1. The van der Waals surface area contributed by atoms with Crippen molar-refractivity contribution in [3.05, 3.63) is 46.4 Å². The summed E-state index contributed by atoms with van der Waals surface area (Å²) in [6.45, 7) is 0.281. The van der Waals surface area contributed by atoms with Crippen molar-refractivity contribution in [2.24, 2.45) is 0 Å². The highest BCUT2D eigenvalue weighted by atomic mass is 79.9. The Morgan fingerprint density at radius 1 is 1.20 bits per heavy atom. The maximum Gasteiger partial charge on any atom is 0.412 e. The van der Waals surface area contributed by atoms with E-state index in [-0.39, 0.29) is 24.9 Å². The molecular formula is C20H20BrNO7S. The number of ether oxygens (including phenoxy) is 4. The SMILES string of the molecule is O=C(CS)OCCC[C@H](OC(=O)Nc1ccc2c(c1)OCO2)c1cc(Br)ccc1O. The summed E-state index contributed by atoms with van der Waals surface area (Å²) in [5.74, 6) is 0.680. The highest BCUT2D eigenvalue weighted by molar-refractivity contribution is 9.10. The number of benzene rings is 2. The van der Waals surface area contributed by atoms with E-state index in [0.717, 1.165) is 4.47 Å². The van der Waals surface area contributed by atoms with Gasteiger partial charge in [0.25, 0.3) is 0 Å². The summed E-state index contributed by atoms with van der Waals surface area (Å²) in [5, 5.41) is 12.9. The van der Waals surface area contributed by atoms with Gasteiger partial charge in [-0.25, -0.2) is 4.79 Å². The van der Waals surface area contributed by atoms with E-state index in [2.05, 4.69) is 33.9 Å². The van der Waals surface area contributed by atoms with E-state index < -0.39 is 18.2 Å². The molecule has 0 saturated carbocycles. The number of halogens is 1. The quantitative estimate of drug-likeness (QED) is 0.281. The Kier molecular flexibility index (Phi) is 7.69. The first-order valence-corrected chi connectivity index (χ1v) is 10.5. The Balaban J connectivity index is 1.67. The minimum absolute atomic E-state index is 0.00793. The Morgan fingerprint density at radius 2 is 2.00 bits per heavy atom. The number of carbonyl (C=O) groups excluding carboxylic acids is 2. The predicted molar refractivity (Wildman–Crippen MR) is 115 cm³/mol. The first-order valence-electron chi connectivity index (χ1n) is 9.08. The molecule has 2 aromatic rings. The third-order valence-corrected chi connectivity index (χ3v) is 4.96. The summed E-state index contributed by atoms with van der Waals surface area (Å²) < 4.78 is 21.8. The fourth-order valence-electron chi connectivity index (χ4n) is 2.81. The van der Waals surface area contributed by atoms with Crippen molar-refractivity contribution in [3.63, 3.8) is 0 Å². The number of amides is 1. The molecule has 8 nitrogen and oxygen atoms in total. The minimum atomic E-state index is -0.758. The van der Waals surface area contributed by atoms with Gasteiger partial charge in [-0.3, -0.25) is 10.1 Å². The van der Waals surface area contributed by atoms with E-state index in [1.165, 1.54) is 6.07 Å². The average molecular weight is 498 g/mol. The second kappa shape index (κ2) is 10.4. The molecule has 1 aliphatic heterocycles. The van der Waals surface area contributed by atoms with Crippen molar-refractivity contribution >= 4 is 46.3 Å². The third kappa shape index (κ3) is 5.96. The molecule has 10 heteroatoms. The number of carbonyl (C=O) groups is 2. The van der Waals surface area contributed by atoms with E-state index in [0.29, 0.717) is 35.6 Å². The number of hydrogen-bond acceptors (Lipinski definition) is 8. The van der Waals surface area contributed by atoms with Crippen LogP contribution in [0.4, 0.5) is 10.5 Å². The van der Waals surface area contributed by atoms with Gasteiger partial charge in [0.1, 0.15) is 11.9 Å². The molecule has 3 rings (SSSR count). The molecular weight excluding hydrogens is 478 g/mol. The molecule has 0 aliphatic carbocycles. The normalized spacial score (nSPS) is 12.9. The molecule has 1 amide bonds. The lowest BCUT2D eigenvalue weighted by Crippen LogP contribution is -2.18. The maximum absolute atomic E-state index is 12.5. The Labute approximate surface area is 187 Å². The maximum atomic E-state index is 12.5. The van der Waals surface area contributed by atoms with Crippen LogP contribution in [0.3, 0.4) is 0 Å². The number of anilines is 1. The first-order chi connectivity index (χ1) is 14.5. The van der Waals surface area contributed by atoms with Gasteiger partial charge in [-0.05, 0) is 43.2 Å². The van der Waals surface area contributed by atoms with E-state index in [1.54, 1.807) is 30.3 Å². The van der Waals surface area contributed by atoms with E-state index in [4.69, 9.17) is 18.9 Å². The van der Waals surface area contributed by atoms with Gasteiger partial charge < -0.3 is 24.1 Å². The van der Waals surface area contributed by atoms with Crippen LogP contribution in [0.25, 0.3) is 0 Å². The molecule has 0 spiro atoms. The van der Waals surface area contributed by atoms with Gasteiger partial charge in [-0.2, -0.15) is 12.6 Å². The van der Waals surface area contributed by atoms with Crippen molar-refractivity contribution in [1.82, 2.24) is 0 Å². The van der Waals surface area contributed by atoms with Crippen LogP contribution in [0.15, 0.2) is 40.9 Å². The van der Waals surface area contributed by atoms with Crippen LogP contribution < -0.4 is 14.8 Å². The van der Waals surface area contributed by atoms with Crippen LogP contribution in [0.2, 0.25) is 0 Å². The first kappa shape index (κ1) is 22.1. The number of esters is 1. The highest BCUT2D eigenvalue weighted by Gasteiger charge is 2.22. The second-order valence-electron chi connectivity index (χ2n) is 6.31. The van der Waals surface area contributed by atoms with Crippen molar-refractivity contribution in [1.29, 1.82) is 0 Å². The van der Waals surface area contributed by atoms with Crippen LogP contribution in [0, 0.1) is 0 Å². The van der Waals surface area contributed by atoms with Crippen LogP contribution in [-0.4, -0.2) is 36.3 Å². The molecule has 160 valence electrons. The molecule has 0 bridgehead atoms. The summed E-state index contributed by atoms with van der Waals surface area (Å²) in [7, 11) is 0. The van der Waals surface area contributed by atoms with E-state index >= 15 is 0 Å². The van der Waals surface area contributed by atoms with Crippen LogP contribution in [0.1, 0.15) is 24.5 Å². The van der Waals surface area contributed by atoms with Crippen LogP contribution in [-0.2, 0) is 14.3 Å². The zero-order valence-corrected chi connectivity index (χ0v) is 18.3. The molecule has 2 N–H and O–H groups in total. The number of phenolic OH excluding ortho intramolecular Hbond substituents is 1. The second-order valence-corrected chi connectivity index (χ2v) is 7.54.